The number of ether oxygens (including phenoxy) is 1. The van der Waals surface area contributed by atoms with Crippen LogP contribution in [0.5, 0.6) is 5.75 Å². The van der Waals surface area contributed by atoms with Gasteiger partial charge in [-0.1, -0.05) is 18.9 Å². The van der Waals surface area contributed by atoms with Crippen LogP contribution in [0.2, 0.25) is 0 Å². The van der Waals surface area contributed by atoms with Crippen LogP contribution in [0.15, 0.2) is 18.2 Å². The molecule has 1 aromatic carbocycles. The van der Waals surface area contributed by atoms with Gasteiger partial charge >= 0.3 is 0 Å². The number of nitrogens with one attached hydrogen (secondary N) is 1. The van der Waals surface area contributed by atoms with E-state index in [9.17, 15) is 0 Å². The smallest absolute Gasteiger partial charge is 0.119 e. The topological polar surface area (TPSA) is 21.3 Å². The third-order valence-corrected chi connectivity index (χ3v) is 4.47. The maximum atomic E-state index is 5.33. The molecular formula is C16H23NO. The van der Waals surface area contributed by atoms with Crippen molar-refractivity contribution < 1.29 is 4.74 Å². The Labute approximate surface area is 110 Å². The fourth-order valence-electron chi connectivity index (χ4n) is 3.43. The van der Waals surface area contributed by atoms with Gasteiger partial charge in [0.15, 0.2) is 0 Å². The van der Waals surface area contributed by atoms with Gasteiger partial charge in [0.25, 0.3) is 0 Å². The molecular weight excluding hydrogens is 222 g/mol. The van der Waals surface area contributed by atoms with Crippen molar-refractivity contribution in [3.63, 3.8) is 0 Å². The van der Waals surface area contributed by atoms with Crippen LogP contribution in [0.25, 0.3) is 0 Å². The molecule has 2 heteroatoms. The van der Waals surface area contributed by atoms with Crippen LogP contribution in [0, 0.1) is 0 Å². The second kappa shape index (κ2) is 5.31. The summed E-state index contributed by atoms with van der Waals surface area (Å²) in [4.78, 5) is 0. The number of hydrogen-bond donors (Lipinski definition) is 1. The standard InChI is InChI=1S/C16H23NO/c1-18-16-9-7-12-6-8-15(10-13(12)11-16)17-14-4-2-3-5-14/h7,9,11,14-15,17H,2-6,8,10H2,1H3. The molecule has 2 nitrogen and oxygen atoms in total. The fraction of sp³-hybridized carbons (Fsp3) is 0.625. The lowest BCUT2D eigenvalue weighted by Crippen LogP contribution is -2.40. The first-order valence-corrected chi connectivity index (χ1v) is 7.27. The number of benzene rings is 1. The van der Waals surface area contributed by atoms with Crippen molar-refractivity contribution in [2.24, 2.45) is 0 Å². The highest BCUT2D eigenvalue weighted by Crippen LogP contribution is 2.27. The molecule has 98 valence electrons. The predicted molar refractivity (Wildman–Crippen MR) is 74.2 cm³/mol. The first kappa shape index (κ1) is 12.0. The summed E-state index contributed by atoms with van der Waals surface area (Å²) in [7, 11) is 1.75. The molecule has 18 heavy (non-hydrogen) atoms. The van der Waals surface area contributed by atoms with E-state index in [1.165, 1.54) is 56.1 Å². The van der Waals surface area contributed by atoms with Crippen molar-refractivity contribution in [3.05, 3.63) is 29.3 Å². The minimum Gasteiger partial charge on any atom is -0.497 e. The van der Waals surface area contributed by atoms with Gasteiger partial charge in [0.05, 0.1) is 7.11 Å². The first-order chi connectivity index (χ1) is 8.85. The third kappa shape index (κ3) is 2.54. The molecule has 0 saturated heterocycles. The van der Waals surface area contributed by atoms with Gasteiger partial charge in [-0.25, -0.2) is 0 Å². The molecule has 0 spiro atoms. The molecule has 2 aliphatic rings. The lowest BCUT2D eigenvalue weighted by Gasteiger charge is -2.28. The molecule has 3 rings (SSSR count). The summed E-state index contributed by atoms with van der Waals surface area (Å²) in [6.07, 6.45) is 9.25. The van der Waals surface area contributed by atoms with Crippen molar-refractivity contribution in [3.8, 4) is 5.75 Å². The van der Waals surface area contributed by atoms with Crippen molar-refractivity contribution in [2.45, 2.75) is 57.0 Å². The molecule has 1 atom stereocenters. The second-order valence-electron chi connectivity index (χ2n) is 5.72. The zero-order chi connectivity index (χ0) is 12.4. The summed E-state index contributed by atoms with van der Waals surface area (Å²) < 4.78 is 5.33. The van der Waals surface area contributed by atoms with Gasteiger partial charge in [-0.05, 0) is 55.4 Å². The zero-order valence-corrected chi connectivity index (χ0v) is 11.2. The highest BCUT2D eigenvalue weighted by molar-refractivity contribution is 5.37. The van der Waals surface area contributed by atoms with Crippen molar-refractivity contribution in [1.29, 1.82) is 0 Å². The molecule has 0 amide bonds. The Bertz CT molecular complexity index is 410. The fourth-order valence-corrected chi connectivity index (χ4v) is 3.43. The lowest BCUT2D eigenvalue weighted by atomic mass is 9.87. The van der Waals surface area contributed by atoms with E-state index in [2.05, 4.69) is 23.5 Å². The summed E-state index contributed by atoms with van der Waals surface area (Å²) in [6, 6.07) is 8.00. The lowest BCUT2D eigenvalue weighted by molar-refractivity contribution is 0.391. The maximum Gasteiger partial charge on any atom is 0.119 e. The molecule has 1 N–H and O–H groups in total. The average molecular weight is 245 g/mol. The van der Waals surface area contributed by atoms with E-state index in [1.54, 1.807) is 7.11 Å². The minimum absolute atomic E-state index is 0.674. The van der Waals surface area contributed by atoms with E-state index >= 15 is 0 Å². The Balaban J connectivity index is 1.67. The SMILES string of the molecule is COc1ccc2c(c1)CC(NC1CCCC1)CC2. The summed E-state index contributed by atoms with van der Waals surface area (Å²) in [5.74, 6) is 0.996. The molecule has 0 radical (unpaired) electrons. The minimum atomic E-state index is 0.674. The van der Waals surface area contributed by atoms with Gasteiger partial charge in [0, 0.05) is 12.1 Å². The molecule has 1 fully saturated rings. The van der Waals surface area contributed by atoms with Crippen molar-refractivity contribution in [1.82, 2.24) is 5.32 Å². The number of aryl methyl sites for hydroxylation is 1. The number of hydrogen-bond acceptors (Lipinski definition) is 2. The highest BCUT2D eigenvalue weighted by Gasteiger charge is 2.23. The number of methoxy groups -OCH3 is 1. The Kier molecular flexibility index (Phi) is 3.55. The van der Waals surface area contributed by atoms with Crippen LogP contribution in [-0.4, -0.2) is 19.2 Å². The van der Waals surface area contributed by atoms with Gasteiger partial charge in [-0.15, -0.1) is 0 Å². The van der Waals surface area contributed by atoms with Gasteiger partial charge in [-0.2, -0.15) is 0 Å². The molecule has 1 aromatic rings. The van der Waals surface area contributed by atoms with E-state index in [0.29, 0.717) is 6.04 Å². The highest BCUT2D eigenvalue weighted by atomic mass is 16.5. The quantitative estimate of drug-likeness (QED) is 0.883. The summed E-state index contributed by atoms with van der Waals surface area (Å²) >= 11 is 0. The summed E-state index contributed by atoms with van der Waals surface area (Å²) in [6.45, 7) is 0. The van der Waals surface area contributed by atoms with E-state index in [4.69, 9.17) is 4.74 Å². The van der Waals surface area contributed by atoms with Crippen LogP contribution >= 0.6 is 0 Å². The van der Waals surface area contributed by atoms with E-state index in [0.717, 1.165) is 11.8 Å². The Morgan fingerprint density at radius 3 is 2.67 bits per heavy atom. The normalized spacial score (nSPS) is 23.9. The van der Waals surface area contributed by atoms with Crippen molar-refractivity contribution >= 4 is 0 Å². The van der Waals surface area contributed by atoms with Gasteiger partial charge in [0.1, 0.15) is 5.75 Å². The second-order valence-corrected chi connectivity index (χ2v) is 5.72. The van der Waals surface area contributed by atoms with Crippen LogP contribution in [0.3, 0.4) is 0 Å². The summed E-state index contributed by atoms with van der Waals surface area (Å²) in [5.41, 5.74) is 3.00. The van der Waals surface area contributed by atoms with Crippen LogP contribution < -0.4 is 10.1 Å². The van der Waals surface area contributed by atoms with Crippen LogP contribution in [0.1, 0.15) is 43.2 Å². The van der Waals surface area contributed by atoms with Gasteiger partial charge in [0.2, 0.25) is 0 Å². The largest absolute Gasteiger partial charge is 0.497 e. The monoisotopic (exact) mass is 245 g/mol. The number of rotatable bonds is 3. The van der Waals surface area contributed by atoms with E-state index in [1.807, 2.05) is 0 Å². The molecule has 0 aromatic heterocycles. The van der Waals surface area contributed by atoms with E-state index < -0.39 is 0 Å². The number of fused-ring (bicyclic) bond motifs is 1. The molecule has 0 aliphatic heterocycles. The van der Waals surface area contributed by atoms with Gasteiger partial charge < -0.3 is 10.1 Å². The molecule has 1 unspecified atom stereocenters. The Morgan fingerprint density at radius 1 is 1.06 bits per heavy atom. The molecule has 0 bridgehead atoms. The maximum absolute atomic E-state index is 5.33. The molecule has 1 saturated carbocycles. The van der Waals surface area contributed by atoms with Gasteiger partial charge in [-0.3, -0.25) is 0 Å². The van der Waals surface area contributed by atoms with Crippen LogP contribution in [-0.2, 0) is 12.8 Å². The van der Waals surface area contributed by atoms with Crippen molar-refractivity contribution in [2.75, 3.05) is 7.11 Å². The van der Waals surface area contributed by atoms with Crippen LogP contribution in [0.4, 0.5) is 0 Å². The Hall–Kier alpha value is -1.02. The van der Waals surface area contributed by atoms with E-state index in [-0.39, 0.29) is 0 Å². The molecule has 2 aliphatic carbocycles. The average Bonchev–Trinajstić information content (AvgIpc) is 2.90. The Morgan fingerprint density at radius 2 is 1.89 bits per heavy atom. The first-order valence-electron chi connectivity index (χ1n) is 7.27. The third-order valence-electron chi connectivity index (χ3n) is 4.47. The summed E-state index contributed by atoms with van der Waals surface area (Å²) in [5, 5.41) is 3.86. The molecule has 0 heterocycles. The zero-order valence-electron chi connectivity index (χ0n) is 11.2. The predicted octanol–water partition coefficient (Wildman–Crippen LogP) is 3.08.